The maximum atomic E-state index is 12.4. The van der Waals surface area contributed by atoms with Crippen LogP contribution < -0.4 is 4.74 Å². The molecule has 186 valence electrons. The van der Waals surface area contributed by atoms with Crippen LogP contribution in [-0.4, -0.2) is 59.4 Å². The van der Waals surface area contributed by atoms with Crippen LogP contribution in [0.1, 0.15) is 64.2 Å². The molecular weight excluding hydrogens is 434 g/mol. The highest BCUT2D eigenvalue weighted by molar-refractivity contribution is 5.71. The minimum absolute atomic E-state index is 0.0652. The van der Waals surface area contributed by atoms with Crippen LogP contribution in [0.5, 0.6) is 11.5 Å². The van der Waals surface area contributed by atoms with Crippen LogP contribution in [0.2, 0.25) is 0 Å². The van der Waals surface area contributed by atoms with Crippen LogP contribution in [0.25, 0.3) is 0 Å². The highest BCUT2D eigenvalue weighted by Crippen LogP contribution is 2.60. The SMILES string of the molecule is CC(=O)O[C@H]1C=CC2[C@@H](C)N(C)CC[C@@]23c2c(C)c(CCC(=O)OC(C)(C)C)cc(O)c2O[C@@H]13. The predicted octanol–water partition coefficient (Wildman–Crippen LogP) is 3.82. The number of hydrogen-bond donors (Lipinski definition) is 1. The van der Waals surface area contributed by atoms with E-state index in [-0.39, 0.29) is 36.1 Å². The fraction of sp³-hybridized carbons (Fsp3) is 0.630. The van der Waals surface area contributed by atoms with Crippen LogP contribution in [-0.2, 0) is 30.9 Å². The van der Waals surface area contributed by atoms with Crippen molar-refractivity contribution in [2.45, 2.75) is 90.1 Å². The quantitative estimate of drug-likeness (QED) is 0.528. The molecule has 1 spiro atoms. The van der Waals surface area contributed by atoms with Gasteiger partial charge in [-0.15, -0.1) is 0 Å². The Kier molecular flexibility index (Phi) is 6.21. The highest BCUT2D eigenvalue weighted by atomic mass is 16.6. The number of esters is 2. The van der Waals surface area contributed by atoms with Gasteiger partial charge >= 0.3 is 11.9 Å². The number of piperidine rings is 1. The molecular formula is C27H37NO6. The first-order valence-electron chi connectivity index (χ1n) is 12.2. The van der Waals surface area contributed by atoms with Crippen LogP contribution >= 0.6 is 0 Å². The third kappa shape index (κ3) is 4.08. The fourth-order valence-corrected chi connectivity index (χ4v) is 6.12. The molecule has 0 aromatic heterocycles. The van der Waals surface area contributed by atoms with Gasteiger partial charge < -0.3 is 24.2 Å². The molecule has 2 aliphatic heterocycles. The second kappa shape index (κ2) is 8.59. The Hall–Kier alpha value is -2.54. The van der Waals surface area contributed by atoms with Crippen molar-refractivity contribution in [1.82, 2.24) is 4.90 Å². The smallest absolute Gasteiger partial charge is 0.306 e. The summed E-state index contributed by atoms with van der Waals surface area (Å²) < 4.78 is 17.6. The Morgan fingerprint density at radius 2 is 2.00 bits per heavy atom. The lowest BCUT2D eigenvalue weighted by atomic mass is 9.57. The Morgan fingerprint density at radius 3 is 2.65 bits per heavy atom. The van der Waals surface area contributed by atoms with Gasteiger partial charge in [0, 0.05) is 36.3 Å². The molecule has 1 aromatic rings. The number of carbonyl (C=O) groups is 2. The van der Waals surface area contributed by atoms with Gasteiger partial charge in [-0.25, -0.2) is 0 Å². The molecule has 0 saturated carbocycles. The lowest BCUT2D eigenvalue weighted by Crippen LogP contribution is -2.62. The number of rotatable bonds is 4. The van der Waals surface area contributed by atoms with Gasteiger partial charge in [0.25, 0.3) is 0 Å². The lowest BCUT2D eigenvalue weighted by molar-refractivity contribution is -0.155. The number of hydrogen-bond acceptors (Lipinski definition) is 7. The first-order chi connectivity index (χ1) is 15.8. The molecule has 2 heterocycles. The van der Waals surface area contributed by atoms with Gasteiger partial charge in [-0.3, -0.25) is 9.59 Å². The summed E-state index contributed by atoms with van der Waals surface area (Å²) in [5.74, 6) is 0.0494. The fourth-order valence-electron chi connectivity index (χ4n) is 6.12. The molecule has 0 amide bonds. The molecule has 1 fully saturated rings. The third-order valence-corrected chi connectivity index (χ3v) is 7.66. The Morgan fingerprint density at radius 1 is 1.29 bits per heavy atom. The molecule has 0 bridgehead atoms. The summed E-state index contributed by atoms with van der Waals surface area (Å²) in [6, 6.07) is 1.95. The topological polar surface area (TPSA) is 85.3 Å². The lowest BCUT2D eigenvalue weighted by Gasteiger charge is -2.53. The maximum absolute atomic E-state index is 12.4. The minimum Gasteiger partial charge on any atom is -0.504 e. The van der Waals surface area contributed by atoms with Gasteiger partial charge in [0.1, 0.15) is 11.7 Å². The van der Waals surface area contributed by atoms with E-state index in [1.807, 2.05) is 33.8 Å². The zero-order valence-electron chi connectivity index (χ0n) is 21.3. The second-order valence-corrected chi connectivity index (χ2v) is 11.0. The molecule has 34 heavy (non-hydrogen) atoms. The highest BCUT2D eigenvalue weighted by Gasteiger charge is 2.62. The molecule has 3 aliphatic rings. The number of aromatic hydroxyl groups is 1. The Labute approximate surface area is 202 Å². The Bertz CT molecular complexity index is 1020. The molecule has 1 N–H and O–H groups in total. The van der Waals surface area contributed by atoms with Crippen molar-refractivity contribution in [2.24, 2.45) is 5.92 Å². The van der Waals surface area contributed by atoms with Crippen LogP contribution in [0, 0.1) is 12.8 Å². The van der Waals surface area contributed by atoms with Gasteiger partial charge in [0.05, 0.1) is 0 Å². The van der Waals surface area contributed by atoms with E-state index in [2.05, 4.69) is 24.9 Å². The van der Waals surface area contributed by atoms with Gasteiger partial charge in [0.15, 0.2) is 17.6 Å². The van der Waals surface area contributed by atoms with Crippen molar-refractivity contribution in [1.29, 1.82) is 0 Å². The van der Waals surface area contributed by atoms with Crippen LogP contribution in [0.3, 0.4) is 0 Å². The van der Waals surface area contributed by atoms with E-state index in [1.165, 1.54) is 6.92 Å². The summed E-state index contributed by atoms with van der Waals surface area (Å²) in [4.78, 5) is 26.6. The van der Waals surface area contributed by atoms with E-state index in [4.69, 9.17) is 14.2 Å². The molecule has 0 radical (unpaired) electrons. The summed E-state index contributed by atoms with van der Waals surface area (Å²) in [6.07, 6.45) is 4.66. The number of fused-ring (bicyclic) bond motifs is 1. The van der Waals surface area contributed by atoms with E-state index in [0.717, 1.165) is 29.7 Å². The molecule has 1 aliphatic carbocycles. The van der Waals surface area contributed by atoms with Crippen LogP contribution in [0.15, 0.2) is 18.2 Å². The summed E-state index contributed by atoms with van der Waals surface area (Å²) in [5, 5.41) is 11.0. The number of ether oxygens (including phenoxy) is 3. The zero-order valence-corrected chi connectivity index (χ0v) is 21.3. The monoisotopic (exact) mass is 471 g/mol. The zero-order chi connectivity index (χ0) is 25.0. The first kappa shape index (κ1) is 24.6. The number of carbonyl (C=O) groups excluding carboxylic acids is 2. The largest absolute Gasteiger partial charge is 0.504 e. The van der Waals surface area contributed by atoms with Crippen molar-refractivity contribution in [3.8, 4) is 11.5 Å². The van der Waals surface area contributed by atoms with Crippen molar-refractivity contribution >= 4 is 11.9 Å². The summed E-state index contributed by atoms with van der Waals surface area (Å²) in [7, 11) is 2.12. The molecule has 5 atom stereocenters. The van der Waals surface area contributed by atoms with Crippen LogP contribution in [0.4, 0.5) is 0 Å². The number of phenolic OH excluding ortho intramolecular Hbond substituents is 1. The van der Waals surface area contributed by atoms with E-state index in [9.17, 15) is 14.7 Å². The summed E-state index contributed by atoms with van der Waals surface area (Å²) in [5.41, 5.74) is 1.95. The van der Waals surface area contributed by atoms with E-state index in [0.29, 0.717) is 12.2 Å². The maximum Gasteiger partial charge on any atom is 0.306 e. The number of benzene rings is 1. The third-order valence-electron chi connectivity index (χ3n) is 7.66. The number of nitrogens with zero attached hydrogens (tertiary/aromatic N) is 1. The van der Waals surface area contributed by atoms with Gasteiger partial charge in [-0.05, 0) is 84.3 Å². The summed E-state index contributed by atoms with van der Waals surface area (Å²) >= 11 is 0. The average molecular weight is 472 g/mol. The number of phenols is 1. The molecule has 1 unspecified atom stereocenters. The minimum atomic E-state index is -0.538. The Balaban J connectivity index is 1.76. The first-order valence-corrected chi connectivity index (χ1v) is 12.2. The van der Waals surface area contributed by atoms with Gasteiger partial charge in [-0.2, -0.15) is 0 Å². The predicted molar refractivity (Wildman–Crippen MR) is 128 cm³/mol. The van der Waals surface area contributed by atoms with Crippen molar-refractivity contribution in [3.05, 3.63) is 34.9 Å². The van der Waals surface area contributed by atoms with Crippen molar-refractivity contribution < 1.29 is 28.9 Å². The normalized spacial score (nSPS) is 30.1. The molecule has 1 aromatic carbocycles. The van der Waals surface area contributed by atoms with E-state index < -0.39 is 23.2 Å². The van der Waals surface area contributed by atoms with Crippen molar-refractivity contribution in [3.63, 3.8) is 0 Å². The second-order valence-electron chi connectivity index (χ2n) is 11.0. The molecule has 7 nitrogen and oxygen atoms in total. The molecule has 7 heteroatoms. The average Bonchev–Trinajstić information content (AvgIpc) is 3.08. The number of aryl methyl sites for hydroxylation is 1. The molecule has 4 rings (SSSR count). The van der Waals surface area contributed by atoms with Gasteiger partial charge in [-0.1, -0.05) is 6.08 Å². The summed E-state index contributed by atoms with van der Waals surface area (Å²) in [6.45, 7) is 12.1. The molecule has 1 saturated heterocycles. The van der Waals surface area contributed by atoms with E-state index >= 15 is 0 Å². The van der Waals surface area contributed by atoms with E-state index in [1.54, 1.807) is 6.07 Å². The number of likely N-dealkylation sites (tertiary alicyclic amines) is 1. The standard InChI is InChI=1S/C27H37NO6/c1-15-18(8-11-22(31)34-26(4,5)6)14-20(30)24-23(15)27-12-13-28(7)16(2)19(27)9-10-21(25(27)33-24)32-17(3)29/h9-10,14,16,19,21,25,30H,8,11-13H2,1-7H3/t16-,19?,21+,25+,27+/m1/s1. The van der Waals surface area contributed by atoms with Crippen molar-refractivity contribution in [2.75, 3.05) is 13.6 Å². The van der Waals surface area contributed by atoms with Gasteiger partial charge in [0.2, 0.25) is 0 Å².